The van der Waals surface area contributed by atoms with Crippen molar-refractivity contribution < 1.29 is 19.4 Å². The lowest BCUT2D eigenvalue weighted by Gasteiger charge is -2.16. The van der Waals surface area contributed by atoms with Crippen molar-refractivity contribution in [2.24, 2.45) is 0 Å². The molecular formula is C32H29N3O4. The van der Waals surface area contributed by atoms with E-state index in [4.69, 9.17) is 4.74 Å². The smallest absolute Gasteiger partial charge is 0.326 e. The fourth-order valence-electron chi connectivity index (χ4n) is 4.68. The molecule has 39 heavy (non-hydrogen) atoms. The second-order valence-corrected chi connectivity index (χ2v) is 9.43. The highest BCUT2D eigenvalue weighted by atomic mass is 16.5. The van der Waals surface area contributed by atoms with Gasteiger partial charge < -0.3 is 20.1 Å². The summed E-state index contributed by atoms with van der Waals surface area (Å²) in [4.78, 5) is 31.7. The van der Waals surface area contributed by atoms with Gasteiger partial charge in [0.2, 0.25) is 0 Å². The number of aromatic nitrogens is 2. The molecule has 0 saturated carbocycles. The molecule has 0 fully saturated rings. The van der Waals surface area contributed by atoms with Crippen LogP contribution in [0.25, 0.3) is 21.8 Å². The summed E-state index contributed by atoms with van der Waals surface area (Å²) < 4.78 is 5.99. The van der Waals surface area contributed by atoms with Gasteiger partial charge in [-0.15, -0.1) is 0 Å². The third-order valence-corrected chi connectivity index (χ3v) is 6.62. The Morgan fingerprint density at radius 3 is 2.56 bits per heavy atom. The standard InChI is InChI=1S/C32H29N3O4/c1-21(18-30(36)24-7-5-16-33-20-24)34-29(32(37)38)19-22-11-13-25(14-12-22)39-17-15-23-6-4-9-27-26-8-2-3-10-28(26)35-31(23)27/h2-14,16,18,20,29,34-35H,15,17,19H2,1H3,(H,37,38). The number of carbonyl (C=O) groups is 2. The number of H-pyrrole nitrogens is 1. The number of aliphatic carboxylic acids is 1. The quantitative estimate of drug-likeness (QED) is 0.153. The number of aromatic amines is 1. The lowest BCUT2D eigenvalue weighted by molar-refractivity contribution is -0.139. The number of nitrogens with one attached hydrogen (secondary N) is 2. The summed E-state index contributed by atoms with van der Waals surface area (Å²) in [5.41, 5.74) is 5.21. The minimum atomic E-state index is -0.997. The zero-order valence-electron chi connectivity index (χ0n) is 21.6. The van der Waals surface area contributed by atoms with Crippen molar-refractivity contribution in [1.82, 2.24) is 15.3 Å². The Morgan fingerprint density at radius 2 is 1.79 bits per heavy atom. The maximum absolute atomic E-state index is 12.4. The van der Waals surface area contributed by atoms with Gasteiger partial charge >= 0.3 is 5.97 Å². The molecule has 5 rings (SSSR count). The molecule has 0 amide bonds. The van der Waals surface area contributed by atoms with Crippen LogP contribution >= 0.6 is 0 Å². The van der Waals surface area contributed by atoms with Gasteiger partial charge in [-0.3, -0.25) is 9.78 Å². The summed E-state index contributed by atoms with van der Waals surface area (Å²) in [6, 6.07) is 24.5. The van der Waals surface area contributed by atoms with Gasteiger partial charge in [0.05, 0.1) is 6.61 Å². The van der Waals surface area contributed by atoms with Gasteiger partial charge in [0.25, 0.3) is 0 Å². The number of carboxylic acid groups (broad SMARTS) is 1. The summed E-state index contributed by atoms with van der Waals surface area (Å²) in [7, 11) is 0. The Balaban J connectivity index is 1.18. The predicted molar refractivity (Wildman–Crippen MR) is 152 cm³/mol. The van der Waals surface area contributed by atoms with Crippen LogP contribution in [0.15, 0.2) is 103 Å². The fourth-order valence-corrected chi connectivity index (χ4v) is 4.68. The molecule has 196 valence electrons. The Morgan fingerprint density at radius 1 is 1.00 bits per heavy atom. The number of hydrogen-bond acceptors (Lipinski definition) is 5. The second kappa shape index (κ2) is 11.6. The third kappa shape index (κ3) is 6.15. The summed E-state index contributed by atoms with van der Waals surface area (Å²) in [5, 5.41) is 15.1. The second-order valence-electron chi connectivity index (χ2n) is 9.43. The average molecular weight is 520 g/mol. The first-order valence-electron chi connectivity index (χ1n) is 12.8. The van der Waals surface area contributed by atoms with E-state index in [0.717, 1.165) is 28.8 Å². The highest BCUT2D eigenvalue weighted by molar-refractivity contribution is 6.08. The maximum atomic E-state index is 12.4. The lowest BCUT2D eigenvalue weighted by atomic mass is 10.1. The zero-order chi connectivity index (χ0) is 27.2. The molecule has 2 heterocycles. The molecular weight excluding hydrogens is 490 g/mol. The Bertz CT molecular complexity index is 1640. The molecule has 0 aliphatic rings. The summed E-state index contributed by atoms with van der Waals surface area (Å²) in [6.07, 6.45) is 5.46. The number of pyridine rings is 1. The van der Waals surface area contributed by atoms with Crippen LogP contribution in [0.5, 0.6) is 5.75 Å². The van der Waals surface area contributed by atoms with Gasteiger partial charge in [0.15, 0.2) is 5.78 Å². The molecule has 0 spiro atoms. The Hall–Kier alpha value is -4.91. The van der Waals surface area contributed by atoms with Crippen LogP contribution in [0, 0.1) is 0 Å². The zero-order valence-corrected chi connectivity index (χ0v) is 21.6. The fraction of sp³-hybridized carbons (Fsp3) is 0.156. The molecule has 0 bridgehead atoms. The molecule has 3 N–H and O–H groups in total. The van der Waals surface area contributed by atoms with Crippen molar-refractivity contribution in [3.8, 4) is 5.75 Å². The predicted octanol–water partition coefficient (Wildman–Crippen LogP) is 5.71. The lowest BCUT2D eigenvalue weighted by Crippen LogP contribution is -2.37. The van der Waals surface area contributed by atoms with E-state index in [1.165, 1.54) is 28.6 Å². The van der Waals surface area contributed by atoms with E-state index in [0.29, 0.717) is 17.9 Å². The molecule has 5 aromatic rings. The van der Waals surface area contributed by atoms with Gasteiger partial charge in [-0.05, 0) is 48.4 Å². The number of fused-ring (bicyclic) bond motifs is 3. The molecule has 7 heteroatoms. The number of carboxylic acids is 1. The van der Waals surface area contributed by atoms with Crippen molar-refractivity contribution in [2.75, 3.05) is 6.61 Å². The summed E-state index contributed by atoms with van der Waals surface area (Å²) in [5.74, 6) is -0.511. The molecule has 0 radical (unpaired) electrons. The van der Waals surface area contributed by atoms with Crippen LogP contribution in [0.4, 0.5) is 0 Å². The van der Waals surface area contributed by atoms with E-state index < -0.39 is 12.0 Å². The minimum absolute atomic E-state index is 0.237. The highest BCUT2D eigenvalue weighted by Crippen LogP contribution is 2.27. The summed E-state index contributed by atoms with van der Waals surface area (Å²) >= 11 is 0. The number of carbonyl (C=O) groups excluding carboxylic acids is 1. The van der Waals surface area contributed by atoms with E-state index >= 15 is 0 Å². The van der Waals surface area contributed by atoms with Gasteiger partial charge in [0, 0.05) is 64.4 Å². The average Bonchev–Trinajstić information content (AvgIpc) is 3.33. The van der Waals surface area contributed by atoms with Crippen molar-refractivity contribution in [3.63, 3.8) is 0 Å². The number of ether oxygens (including phenoxy) is 1. The first-order valence-corrected chi connectivity index (χ1v) is 12.8. The molecule has 7 nitrogen and oxygen atoms in total. The molecule has 0 aliphatic heterocycles. The third-order valence-electron chi connectivity index (χ3n) is 6.62. The van der Waals surface area contributed by atoms with Gasteiger partial charge in [-0.1, -0.05) is 48.5 Å². The number of allylic oxidation sites excluding steroid dienone is 2. The van der Waals surface area contributed by atoms with Crippen LogP contribution in [0.3, 0.4) is 0 Å². The number of ketones is 1. The number of benzene rings is 3. The maximum Gasteiger partial charge on any atom is 0.326 e. The van der Waals surface area contributed by atoms with E-state index in [1.807, 2.05) is 36.4 Å². The van der Waals surface area contributed by atoms with E-state index in [2.05, 4.69) is 45.6 Å². The number of nitrogens with zero attached hydrogens (tertiary/aromatic N) is 1. The van der Waals surface area contributed by atoms with Crippen molar-refractivity contribution >= 4 is 33.6 Å². The Kier molecular flexibility index (Phi) is 7.68. The molecule has 1 unspecified atom stereocenters. The van der Waals surface area contributed by atoms with E-state index in [9.17, 15) is 14.7 Å². The monoisotopic (exact) mass is 519 g/mol. The van der Waals surface area contributed by atoms with Crippen molar-refractivity contribution in [1.29, 1.82) is 0 Å². The summed E-state index contributed by atoms with van der Waals surface area (Å²) in [6.45, 7) is 2.19. The van der Waals surface area contributed by atoms with Gasteiger partial charge in [0.1, 0.15) is 11.8 Å². The SMILES string of the molecule is CC(=CC(=O)c1cccnc1)NC(Cc1ccc(OCCc2cccc3c2[nH]c2ccccc23)cc1)C(=O)O. The van der Waals surface area contributed by atoms with Crippen LogP contribution < -0.4 is 10.1 Å². The molecule has 0 aliphatic carbocycles. The minimum Gasteiger partial charge on any atom is -0.493 e. The van der Waals surface area contributed by atoms with Crippen LogP contribution in [-0.2, 0) is 17.6 Å². The van der Waals surface area contributed by atoms with Crippen LogP contribution in [0.2, 0.25) is 0 Å². The van der Waals surface area contributed by atoms with Gasteiger partial charge in [-0.2, -0.15) is 0 Å². The number of hydrogen-bond donors (Lipinski definition) is 3. The molecule has 1 atom stereocenters. The van der Waals surface area contributed by atoms with E-state index in [1.54, 1.807) is 25.3 Å². The molecule has 0 saturated heterocycles. The highest BCUT2D eigenvalue weighted by Gasteiger charge is 2.18. The number of para-hydroxylation sites is 2. The topological polar surface area (TPSA) is 104 Å². The molecule has 2 aromatic heterocycles. The molecule has 3 aromatic carbocycles. The van der Waals surface area contributed by atoms with Crippen LogP contribution in [0.1, 0.15) is 28.4 Å². The first kappa shape index (κ1) is 25.7. The van der Waals surface area contributed by atoms with Gasteiger partial charge in [-0.25, -0.2) is 4.79 Å². The van der Waals surface area contributed by atoms with Crippen molar-refractivity contribution in [2.45, 2.75) is 25.8 Å². The van der Waals surface area contributed by atoms with Crippen molar-refractivity contribution in [3.05, 3.63) is 120 Å². The van der Waals surface area contributed by atoms with Crippen LogP contribution in [-0.4, -0.2) is 39.5 Å². The largest absolute Gasteiger partial charge is 0.493 e. The first-order chi connectivity index (χ1) is 19.0. The Labute approximate surface area is 226 Å². The van der Waals surface area contributed by atoms with E-state index in [-0.39, 0.29) is 12.2 Å². The normalized spacial score (nSPS) is 12.4. The number of rotatable bonds is 11.